The van der Waals surface area contributed by atoms with Gasteiger partial charge in [0.05, 0.1) is 6.54 Å². The van der Waals surface area contributed by atoms with E-state index in [-0.39, 0.29) is 5.91 Å². The highest BCUT2D eigenvalue weighted by Gasteiger charge is 2.12. The predicted molar refractivity (Wildman–Crippen MR) is 120 cm³/mol. The van der Waals surface area contributed by atoms with E-state index < -0.39 is 0 Å². The normalized spacial score (nSPS) is 10.6. The van der Waals surface area contributed by atoms with Crippen molar-refractivity contribution in [1.29, 1.82) is 0 Å². The number of nitrogens with one attached hydrogen (secondary N) is 1. The van der Waals surface area contributed by atoms with Crippen molar-refractivity contribution in [3.05, 3.63) is 107 Å². The van der Waals surface area contributed by atoms with Crippen LogP contribution in [0.3, 0.4) is 0 Å². The number of hydrogen-bond donors (Lipinski definition) is 1. The van der Waals surface area contributed by atoms with E-state index in [4.69, 9.17) is 16.3 Å². The molecule has 0 aliphatic carbocycles. The van der Waals surface area contributed by atoms with Crippen LogP contribution in [0.1, 0.15) is 27.2 Å². The van der Waals surface area contributed by atoms with Crippen molar-refractivity contribution in [2.45, 2.75) is 20.1 Å². The molecule has 156 valence electrons. The van der Waals surface area contributed by atoms with Gasteiger partial charge < -0.3 is 10.1 Å². The van der Waals surface area contributed by atoms with Crippen LogP contribution in [-0.4, -0.2) is 20.7 Å². The summed E-state index contributed by atoms with van der Waals surface area (Å²) in [6.07, 6.45) is 3.16. The first-order valence-electron chi connectivity index (χ1n) is 9.79. The number of ether oxygens (including phenoxy) is 1. The third-order valence-electron chi connectivity index (χ3n) is 4.75. The van der Waals surface area contributed by atoms with Crippen molar-refractivity contribution < 1.29 is 9.53 Å². The Morgan fingerprint density at radius 1 is 1.06 bits per heavy atom. The molecule has 6 nitrogen and oxygen atoms in total. The number of nitrogens with zero attached hydrogens (tertiary/aromatic N) is 3. The third-order valence-corrected chi connectivity index (χ3v) is 4.98. The topological polar surface area (TPSA) is 69.0 Å². The van der Waals surface area contributed by atoms with Crippen LogP contribution >= 0.6 is 11.6 Å². The maximum absolute atomic E-state index is 12.4. The highest BCUT2D eigenvalue weighted by Crippen LogP contribution is 2.25. The summed E-state index contributed by atoms with van der Waals surface area (Å²) in [6, 6.07) is 20.7. The number of anilines is 1. The number of benzene rings is 2. The molecule has 0 aliphatic rings. The van der Waals surface area contributed by atoms with Crippen molar-refractivity contribution in [3.8, 4) is 5.75 Å². The van der Waals surface area contributed by atoms with Crippen molar-refractivity contribution in [1.82, 2.24) is 14.8 Å². The summed E-state index contributed by atoms with van der Waals surface area (Å²) >= 11 is 6.23. The molecule has 4 rings (SSSR count). The minimum atomic E-state index is -0.235. The van der Waals surface area contributed by atoms with Crippen LogP contribution in [0.2, 0.25) is 5.02 Å². The summed E-state index contributed by atoms with van der Waals surface area (Å²) in [5.41, 5.74) is 3.41. The van der Waals surface area contributed by atoms with E-state index in [1.165, 1.54) is 0 Å². The van der Waals surface area contributed by atoms with Crippen molar-refractivity contribution in [3.63, 3.8) is 0 Å². The number of carbonyl (C=O) groups excluding carboxylic acids is 1. The lowest BCUT2D eigenvalue weighted by molar-refractivity contribution is 0.102. The molecule has 7 heteroatoms. The summed E-state index contributed by atoms with van der Waals surface area (Å²) in [5, 5.41) is 7.98. The second kappa shape index (κ2) is 9.45. The van der Waals surface area contributed by atoms with E-state index in [2.05, 4.69) is 15.4 Å². The van der Waals surface area contributed by atoms with Crippen LogP contribution in [0.15, 0.2) is 79.1 Å². The molecule has 1 amide bonds. The molecule has 2 aromatic heterocycles. The fourth-order valence-corrected chi connectivity index (χ4v) is 3.33. The molecule has 0 aliphatic heterocycles. The second-order valence-electron chi connectivity index (χ2n) is 7.04. The van der Waals surface area contributed by atoms with Crippen molar-refractivity contribution >= 4 is 23.3 Å². The maximum Gasteiger partial charge on any atom is 0.256 e. The van der Waals surface area contributed by atoms with Gasteiger partial charge in [-0.25, -0.2) is 0 Å². The lowest BCUT2D eigenvalue weighted by Gasteiger charge is -2.13. The van der Waals surface area contributed by atoms with Crippen LogP contribution in [0.5, 0.6) is 5.75 Å². The Hall–Kier alpha value is -3.64. The summed E-state index contributed by atoms with van der Waals surface area (Å²) in [5.74, 6) is 0.986. The molecule has 0 fully saturated rings. The number of amides is 1. The third kappa shape index (κ3) is 5.29. The lowest BCUT2D eigenvalue weighted by Crippen LogP contribution is -2.13. The van der Waals surface area contributed by atoms with Crippen LogP contribution in [0.4, 0.5) is 5.82 Å². The number of hydrogen-bond acceptors (Lipinski definition) is 4. The molecule has 2 heterocycles. The molecule has 0 atom stereocenters. The predicted octanol–water partition coefficient (Wildman–Crippen LogP) is 5.12. The smallest absolute Gasteiger partial charge is 0.256 e. The molecule has 0 unspecified atom stereocenters. The first kappa shape index (κ1) is 20.6. The van der Waals surface area contributed by atoms with E-state index in [1.807, 2.05) is 66.2 Å². The number of rotatable bonds is 7. The zero-order valence-electron chi connectivity index (χ0n) is 17.0. The Morgan fingerprint density at radius 2 is 1.84 bits per heavy atom. The van der Waals surface area contributed by atoms with Gasteiger partial charge >= 0.3 is 0 Å². The van der Waals surface area contributed by atoms with E-state index in [9.17, 15) is 4.79 Å². The van der Waals surface area contributed by atoms with Gasteiger partial charge in [0.2, 0.25) is 0 Å². The Kier molecular flexibility index (Phi) is 6.29. The average Bonchev–Trinajstić information content (AvgIpc) is 3.13. The van der Waals surface area contributed by atoms with Gasteiger partial charge in [0.25, 0.3) is 5.91 Å². The molecule has 31 heavy (non-hydrogen) atoms. The zero-order chi connectivity index (χ0) is 21.6. The molecule has 0 saturated heterocycles. The first-order valence-corrected chi connectivity index (χ1v) is 10.2. The number of carbonyl (C=O) groups is 1. The highest BCUT2D eigenvalue weighted by molar-refractivity contribution is 6.30. The molecular weight excluding hydrogens is 412 g/mol. The minimum absolute atomic E-state index is 0.235. The van der Waals surface area contributed by atoms with Gasteiger partial charge in [-0.1, -0.05) is 41.9 Å². The van der Waals surface area contributed by atoms with Crippen LogP contribution < -0.4 is 10.1 Å². The molecule has 4 aromatic rings. The summed E-state index contributed by atoms with van der Waals surface area (Å²) in [4.78, 5) is 16.3. The Balaban J connectivity index is 1.50. The van der Waals surface area contributed by atoms with Gasteiger partial charge in [0.1, 0.15) is 12.4 Å². The number of halogens is 1. The van der Waals surface area contributed by atoms with Gasteiger partial charge in [-0.3, -0.25) is 14.5 Å². The zero-order valence-corrected chi connectivity index (χ0v) is 17.7. The second-order valence-corrected chi connectivity index (χ2v) is 7.48. The standard InChI is InChI=1S/C24H21ClN4O2/c1-17-13-23(27-24(30)19-9-11-26-12-10-19)28-29(17)15-20-14-21(25)7-8-22(20)31-16-18-5-3-2-4-6-18/h2-14H,15-16H2,1H3,(H,27,28,30). The van der Waals surface area contributed by atoms with Crippen molar-refractivity contribution in [2.75, 3.05) is 5.32 Å². The lowest BCUT2D eigenvalue weighted by atomic mass is 10.2. The Morgan fingerprint density at radius 3 is 2.61 bits per heavy atom. The Labute approximate surface area is 185 Å². The molecule has 2 aromatic carbocycles. The van der Waals surface area contributed by atoms with Crippen LogP contribution in [0.25, 0.3) is 0 Å². The fraction of sp³-hybridized carbons (Fsp3) is 0.125. The number of aromatic nitrogens is 3. The largest absolute Gasteiger partial charge is 0.489 e. The summed E-state index contributed by atoms with van der Waals surface area (Å²) in [6.45, 7) is 2.85. The van der Waals surface area contributed by atoms with Gasteiger partial charge in [-0.15, -0.1) is 0 Å². The van der Waals surface area contributed by atoms with E-state index in [0.717, 1.165) is 22.6 Å². The summed E-state index contributed by atoms with van der Waals surface area (Å²) < 4.78 is 7.85. The average molecular weight is 433 g/mol. The number of aryl methyl sites for hydroxylation is 1. The van der Waals surface area contributed by atoms with Gasteiger partial charge in [-0.2, -0.15) is 5.10 Å². The molecule has 0 saturated carbocycles. The number of pyridine rings is 1. The minimum Gasteiger partial charge on any atom is -0.489 e. The van der Waals surface area contributed by atoms with Gasteiger partial charge in [0.15, 0.2) is 5.82 Å². The monoisotopic (exact) mass is 432 g/mol. The SMILES string of the molecule is Cc1cc(NC(=O)c2ccncc2)nn1Cc1cc(Cl)ccc1OCc1ccccc1. The van der Waals surface area contributed by atoms with Crippen LogP contribution in [0, 0.1) is 6.92 Å². The maximum atomic E-state index is 12.4. The van der Waals surface area contributed by atoms with E-state index in [0.29, 0.717) is 29.6 Å². The quantitative estimate of drug-likeness (QED) is 0.440. The molecule has 1 N–H and O–H groups in total. The summed E-state index contributed by atoms with van der Waals surface area (Å²) in [7, 11) is 0. The Bertz CT molecular complexity index is 1180. The molecule has 0 spiro atoms. The highest BCUT2D eigenvalue weighted by atomic mass is 35.5. The van der Waals surface area contributed by atoms with Crippen molar-refractivity contribution in [2.24, 2.45) is 0 Å². The van der Waals surface area contributed by atoms with E-state index >= 15 is 0 Å². The van der Waals surface area contributed by atoms with Gasteiger partial charge in [-0.05, 0) is 42.8 Å². The first-order chi connectivity index (χ1) is 15.1. The van der Waals surface area contributed by atoms with Crippen LogP contribution in [-0.2, 0) is 13.2 Å². The van der Waals surface area contributed by atoms with E-state index in [1.54, 1.807) is 24.5 Å². The van der Waals surface area contributed by atoms with Gasteiger partial charge in [0, 0.05) is 40.3 Å². The molecule has 0 radical (unpaired) electrons. The fourth-order valence-electron chi connectivity index (χ4n) is 3.13. The molecular formula is C24H21ClN4O2. The molecule has 0 bridgehead atoms.